The Morgan fingerprint density at radius 2 is 1.60 bits per heavy atom. The third kappa shape index (κ3) is 4.94. The fraction of sp³-hybridized carbons (Fsp3) is 0.276. The van der Waals surface area contributed by atoms with Crippen LogP contribution in [0.3, 0.4) is 0 Å². The van der Waals surface area contributed by atoms with Crippen molar-refractivity contribution >= 4 is 43.7 Å². The Hall–Kier alpha value is -3.25. The number of hydrogen-bond acceptors (Lipinski definition) is 5. The molecule has 3 aromatic carbocycles. The first-order valence-corrected chi connectivity index (χ1v) is 13.0. The molecule has 0 amide bonds. The lowest BCUT2D eigenvalue weighted by Crippen LogP contribution is -2.25. The van der Waals surface area contributed by atoms with E-state index in [1.165, 1.54) is 31.4 Å². The van der Waals surface area contributed by atoms with Crippen molar-refractivity contribution in [2.45, 2.75) is 39.5 Å². The number of oxazole rings is 1. The third-order valence-electron chi connectivity index (χ3n) is 6.29. The van der Waals surface area contributed by atoms with Gasteiger partial charge in [0.05, 0.1) is 5.56 Å². The van der Waals surface area contributed by atoms with E-state index in [1.54, 1.807) is 6.07 Å². The molecule has 0 radical (unpaired) electrons. The second-order valence-corrected chi connectivity index (χ2v) is 9.81. The zero-order valence-corrected chi connectivity index (χ0v) is 21.6. The van der Waals surface area contributed by atoms with Gasteiger partial charge < -0.3 is 18.8 Å². The van der Waals surface area contributed by atoms with Gasteiger partial charge in [0.15, 0.2) is 5.58 Å². The summed E-state index contributed by atoms with van der Waals surface area (Å²) in [5.74, 6) is 1.21. The Morgan fingerprint density at radius 3 is 2.31 bits per heavy atom. The van der Waals surface area contributed by atoms with Gasteiger partial charge in [-0.1, -0.05) is 42.6 Å². The molecule has 6 heteroatoms. The SMILES string of the molecule is CCCCN(CCCC)c1ccc(-c2cc3cc(-c4nc5cc(Br)ccc5o4)c(O)cc3o2)cc1. The van der Waals surface area contributed by atoms with Crippen molar-refractivity contribution in [1.82, 2.24) is 4.98 Å². The number of unbranched alkanes of at least 4 members (excludes halogenated alkanes) is 2. The monoisotopic (exact) mass is 532 g/mol. The molecule has 2 heterocycles. The third-order valence-corrected chi connectivity index (χ3v) is 6.79. The quantitative estimate of drug-likeness (QED) is 0.205. The largest absolute Gasteiger partial charge is 0.507 e. The van der Waals surface area contributed by atoms with Gasteiger partial charge in [-0.2, -0.15) is 0 Å². The lowest BCUT2D eigenvalue weighted by Gasteiger charge is -2.24. The summed E-state index contributed by atoms with van der Waals surface area (Å²) in [5, 5.41) is 11.6. The van der Waals surface area contributed by atoms with E-state index in [0.29, 0.717) is 22.6 Å². The van der Waals surface area contributed by atoms with Crippen LogP contribution in [-0.2, 0) is 0 Å². The first-order valence-electron chi connectivity index (χ1n) is 12.2. The van der Waals surface area contributed by atoms with Gasteiger partial charge in [0.2, 0.25) is 5.89 Å². The van der Waals surface area contributed by atoms with Crippen molar-refractivity contribution in [3.8, 4) is 28.5 Å². The molecule has 0 aliphatic rings. The van der Waals surface area contributed by atoms with Gasteiger partial charge in [-0.25, -0.2) is 4.98 Å². The molecule has 5 aromatic rings. The molecule has 0 aliphatic heterocycles. The number of nitrogens with zero attached hydrogens (tertiary/aromatic N) is 2. The number of halogens is 1. The number of rotatable bonds is 9. The molecule has 2 aromatic heterocycles. The van der Waals surface area contributed by atoms with E-state index in [9.17, 15) is 5.11 Å². The van der Waals surface area contributed by atoms with Crippen LogP contribution < -0.4 is 4.90 Å². The predicted octanol–water partition coefficient (Wildman–Crippen LogP) is 8.78. The summed E-state index contributed by atoms with van der Waals surface area (Å²) in [7, 11) is 0. The molecule has 180 valence electrons. The number of aromatic nitrogens is 1. The second-order valence-electron chi connectivity index (χ2n) is 8.89. The molecular weight excluding hydrogens is 504 g/mol. The number of furan rings is 1. The predicted molar refractivity (Wildman–Crippen MR) is 146 cm³/mol. The molecule has 5 nitrogen and oxygen atoms in total. The van der Waals surface area contributed by atoms with E-state index in [-0.39, 0.29) is 5.75 Å². The number of fused-ring (bicyclic) bond motifs is 2. The van der Waals surface area contributed by atoms with Crippen molar-refractivity contribution < 1.29 is 13.9 Å². The van der Waals surface area contributed by atoms with Crippen LogP contribution in [0, 0.1) is 0 Å². The molecule has 0 unspecified atom stereocenters. The van der Waals surface area contributed by atoms with Crippen molar-refractivity contribution in [2.75, 3.05) is 18.0 Å². The molecule has 0 saturated heterocycles. The summed E-state index contributed by atoms with van der Waals surface area (Å²) in [4.78, 5) is 7.02. The fourth-order valence-electron chi connectivity index (χ4n) is 4.31. The minimum atomic E-state index is 0.0712. The van der Waals surface area contributed by atoms with Crippen molar-refractivity contribution in [3.05, 3.63) is 65.1 Å². The summed E-state index contributed by atoms with van der Waals surface area (Å²) in [5.41, 5.74) is 4.81. The van der Waals surface area contributed by atoms with Crippen LogP contribution >= 0.6 is 15.9 Å². The Balaban J connectivity index is 1.44. The summed E-state index contributed by atoms with van der Waals surface area (Å²) >= 11 is 3.46. The van der Waals surface area contributed by atoms with Gasteiger partial charge in [0, 0.05) is 40.3 Å². The van der Waals surface area contributed by atoms with Gasteiger partial charge in [0.25, 0.3) is 0 Å². The minimum Gasteiger partial charge on any atom is -0.507 e. The van der Waals surface area contributed by atoms with Crippen molar-refractivity contribution in [3.63, 3.8) is 0 Å². The van der Waals surface area contributed by atoms with Crippen LogP contribution in [-0.4, -0.2) is 23.2 Å². The highest BCUT2D eigenvalue weighted by Crippen LogP contribution is 2.38. The van der Waals surface area contributed by atoms with Gasteiger partial charge in [-0.3, -0.25) is 0 Å². The zero-order chi connectivity index (χ0) is 24.4. The van der Waals surface area contributed by atoms with E-state index in [4.69, 9.17) is 8.83 Å². The van der Waals surface area contributed by atoms with Crippen LogP contribution in [0.5, 0.6) is 5.75 Å². The Bertz CT molecular complexity index is 1440. The molecule has 0 aliphatic carbocycles. The number of benzene rings is 3. The van der Waals surface area contributed by atoms with Gasteiger partial charge in [-0.05, 0) is 67.4 Å². The summed E-state index contributed by atoms with van der Waals surface area (Å²) in [6.45, 7) is 6.62. The molecule has 5 rings (SSSR count). The smallest absolute Gasteiger partial charge is 0.231 e. The van der Waals surface area contributed by atoms with Gasteiger partial charge in [-0.15, -0.1) is 0 Å². The highest BCUT2D eigenvalue weighted by Gasteiger charge is 2.17. The van der Waals surface area contributed by atoms with Crippen LogP contribution in [0.4, 0.5) is 5.69 Å². The fourth-order valence-corrected chi connectivity index (χ4v) is 4.66. The number of hydrogen-bond donors (Lipinski definition) is 1. The average Bonchev–Trinajstić information content (AvgIpc) is 3.47. The van der Waals surface area contributed by atoms with Gasteiger partial charge in [0.1, 0.15) is 22.6 Å². The van der Waals surface area contributed by atoms with Gasteiger partial charge >= 0.3 is 0 Å². The van der Waals surface area contributed by atoms with E-state index in [0.717, 1.165) is 39.8 Å². The summed E-state index contributed by atoms with van der Waals surface area (Å²) in [6, 6.07) is 19.7. The number of aromatic hydroxyl groups is 1. The second kappa shape index (κ2) is 10.2. The average molecular weight is 533 g/mol. The first-order chi connectivity index (χ1) is 17.1. The normalized spacial score (nSPS) is 11.5. The molecule has 0 fully saturated rings. The minimum absolute atomic E-state index is 0.0712. The van der Waals surface area contributed by atoms with E-state index in [2.05, 4.69) is 63.9 Å². The number of phenolic OH excluding ortho intramolecular Hbond substituents is 1. The van der Waals surface area contributed by atoms with E-state index < -0.39 is 0 Å². The lowest BCUT2D eigenvalue weighted by molar-refractivity contribution is 0.473. The van der Waals surface area contributed by atoms with Crippen LogP contribution in [0.1, 0.15) is 39.5 Å². The maximum absolute atomic E-state index is 10.7. The van der Waals surface area contributed by atoms with Crippen molar-refractivity contribution in [1.29, 1.82) is 0 Å². The molecule has 35 heavy (non-hydrogen) atoms. The highest BCUT2D eigenvalue weighted by molar-refractivity contribution is 9.10. The molecule has 0 spiro atoms. The number of anilines is 1. The van der Waals surface area contributed by atoms with Crippen LogP contribution in [0.25, 0.3) is 44.8 Å². The maximum Gasteiger partial charge on any atom is 0.231 e. The lowest BCUT2D eigenvalue weighted by atomic mass is 10.1. The summed E-state index contributed by atoms with van der Waals surface area (Å²) in [6.07, 6.45) is 4.77. The van der Waals surface area contributed by atoms with Crippen LogP contribution in [0.15, 0.2) is 74.0 Å². The topological polar surface area (TPSA) is 62.6 Å². The molecule has 0 atom stereocenters. The van der Waals surface area contributed by atoms with Crippen molar-refractivity contribution in [2.24, 2.45) is 0 Å². The maximum atomic E-state index is 10.7. The Kier molecular flexibility index (Phi) is 6.82. The molecular formula is C29H29BrN2O3. The highest BCUT2D eigenvalue weighted by atomic mass is 79.9. The van der Waals surface area contributed by atoms with E-state index in [1.807, 2.05) is 30.3 Å². The Morgan fingerprint density at radius 1 is 0.857 bits per heavy atom. The Labute approximate surface area is 213 Å². The summed E-state index contributed by atoms with van der Waals surface area (Å²) < 4.78 is 12.9. The first kappa shape index (κ1) is 23.5. The van der Waals surface area contributed by atoms with E-state index >= 15 is 0 Å². The molecule has 1 N–H and O–H groups in total. The zero-order valence-electron chi connectivity index (χ0n) is 20.1. The van der Waals surface area contributed by atoms with Crippen LogP contribution in [0.2, 0.25) is 0 Å². The number of phenols is 1. The molecule has 0 saturated carbocycles. The standard InChI is InChI=1S/C29H29BrN2O3/c1-3-5-13-32(14-6-4-2)22-10-7-19(8-11-22)27-16-20-15-23(25(33)18-28(20)34-27)29-31-24-17-21(30)9-12-26(24)35-29/h7-12,15-18,33H,3-6,13-14H2,1-2H3. The molecule has 0 bridgehead atoms.